The second-order valence-corrected chi connectivity index (χ2v) is 15.8. The van der Waals surface area contributed by atoms with Crippen LogP contribution in [0.15, 0.2) is 126 Å². The molecule has 1 aromatic heterocycles. The molecule has 4 heteroatoms. The van der Waals surface area contributed by atoms with E-state index in [0.29, 0.717) is 16.8 Å². The topological polar surface area (TPSA) is 12.9 Å². The first-order valence-corrected chi connectivity index (χ1v) is 17.2. The first-order valence-electron chi connectivity index (χ1n) is 16.4. The standard InChI is InChI=1S/C44H38BrF2N/c1-42(2,3)29-18-20-32-33-21-19-30(43(4,5)6)24-37(33)44(36(32)23-29,28-13-8-7-9-14-28)41-17-11-16-40(48-41)35-25-34(38(46)26-39(35)47)27-12-10-15-31(45)22-27/h7-26H,1-6H3. The molecule has 0 atom stereocenters. The lowest BCUT2D eigenvalue weighted by Gasteiger charge is -2.34. The summed E-state index contributed by atoms with van der Waals surface area (Å²) < 4.78 is 31.9. The Morgan fingerprint density at radius 3 is 1.71 bits per heavy atom. The molecular formula is C44H38BrF2N. The molecule has 0 fully saturated rings. The molecule has 240 valence electrons. The summed E-state index contributed by atoms with van der Waals surface area (Å²) >= 11 is 3.49. The summed E-state index contributed by atoms with van der Waals surface area (Å²) in [5, 5.41) is 0. The lowest BCUT2D eigenvalue weighted by atomic mass is 9.68. The average molecular weight is 699 g/mol. The van der Waals surface area contributed by atoms with Gasteiger partial charge in [-0.2, -0.15) is 0 Å². The summed E-state index contributed by atoms with van der Waals surface area (Å²) in [5.74, 6) is -1.27. The first-order chi connectivity index (χ1) is 22.8. The fourth-order valence-corrected chi connectivity index (χ4v) is 7.50. The van der Waals surface area contributed by atoms with Gasteiger partial charge in [-0.3, -0.25) is 4.98 Å². The van der Waals surface area contributed by atoms with E-state index in [2.05, 4.69) is 124 Å². The van der Waals surface area contributed by atoms with Gasteiger partial charge in [0.25, 0.3) is 0 Å². The van der Waals surface area contributed by atoms with Crippen LogP contribution in [0, 0.1) is 11.6 Å². The Bertz CT molecular complexity index is 2120. The predicted octanol–water partition coefficient (Wildman–Crippen LogP) is 12.4. The quantitative estimate of drug-likeness (QED) is 0.178. The molecule has 6 aromatic rings. The molecule has 0 unspecified atom stereocenters. The molecule has 48 heavy (non-hydrogen) atoms. The van der Waals surface area contributed by atoms with E-state index in [4.69, 9.17) is 4.98 Å². The Morgan fingerprint density at radius 1 is 0.542 bits per heavy atom. The number of aromatic nitrogens is 1. The number of halogens is 3. The van der Waals surface area contributed by atoms with Gasteiger partial charge in [0.1, 0.15) is 11.6 Å². The van der Waals surface area contributed by atoms with Crippen molar-refractivity contribution in [2.75, 3.05) is 0 Å². The molecule has 0 saturated carbocycles. The zero-order valence-corrected chi connectivity index (χ0v) is 29.7. The van der Waals surface area contributed by atoms with E-state index in [1.54, 1.807) is 6.07 Å². The first kappa shape index (κ1) is 32.2. The van der Waals surface area contributed by atoms with Crippen LogP contribution < -0.4 is 0 Å². The van der Waals surface area contributed by atoms with Crippen LogP contribution in [0.3, 0.4) is 0 Å². The minimum Gasteiger partial charge on any atom is -0.251 e. The van der Waals surface area contributed by atoms with Gasteiger partial charge in [0.15, 0.2) is 0 Å². The van der Waals surface area contributed by atoms with E-state index in [1.165, 1.54) is 22.3 Å². The van der Waals surface area contributed by atoms with Crippen LogP contribution in [-0.4, -0.2) is 4.98 Å². The maximum atomic E-state index is 15.8. The Morgan fingerprint density at radius 2 is 1.12 bits per heavy atom. The molecule has 0 N–H and O–H groups in total. The van der Waals surface area contributed by atoms with Crippen molar-refractivity contribution in [1.82, 2.24) is 4.98 Å². The van der Waals surface area contributed by atoms with Gasteiger partial charge in [-0.25, -0.2) is 8.78 Å². The van der Waals surface area contributed by atoms with Gasteiger partial charge >= 0.3 is 0 Å². The van der Waals surface area contributed by atoms with Crippen molar-refractivity contribution in [2.45, 2.75) is 57.8 Å². The molecule has 0 spiro atoms. The highest BCUT2D eigenvalue weighted by atomic mass is 79.9. The Hall–Kier alpha value is -4.41. The summed E-state index contributed by atoms with van der Waals surface area (Å²) in [6.45, 7) is 13.4. The Kier molecular flexibility index (Phi) is 7.79. The maximum Gasteiger partial charge on any atom is 0.135 e. The summed E-state index contributed by atoms with van der Waals surface area (Å²) in [7, 11) is 0. The fraction of sp³-hybridized carbons (Fsp3) is 0.205. The summed E-state index contributed by atoms with van der Waals surface area (Å²) in [5.41, 5.74) is 9.69. The number of rotatable bonds is 4. The van der Waals surface area contributed by atoms with Crippen molar-refractivity contribution in [3.8, 4) is 33.5 Å². The third kappa shape index (κ3) is 5.31. The van der Waals surface area contributed by atoms with Gasteiger partial charge in [0, 0.05) is 21.7 Å². The fourth-order valence-electron chi connectivity index (χ4n) is 7.10. The van der Waals surface area contributed by atoms with E-state index in [-0.39, 0.29) is 16.4 Å². The largest absolute Gasteiger partial charge is 0.251 e. The zero-order valence-electron chi connectivity index (χ0n) is 28.1. The minimum absolute atomic E-state index is 0.0852. The Balaban J connectivity index is 1.55. The summed E-state index contributed by atoms with van der Waals surface area (Å²) in [6, 6.07) is 40.0. The lowest BCUT2D eigenvalue weighted by molar-refractivity contribution is 0.584. The third-order valence-corrected chi connectivity index (χ3v) is 10.2. The molecule has 1 nitrogen and oxygen atoms in total. The SMILES string of the molecule is CC(C)(C)c1ccc2c(c1)C(c1ccccc1)(c1cccc(-c3cc(-c4cccc(Br)c4)c(F)cc3F)n1)c1cc(C(C)(C)C)ccc1-2. The van der Waals surface area contributed by atoms with Gasteiger partial charge in [-0.05, 0) is 85.7 Å². The van der Waals surface area contributed by atoms with Crippen LogP contribution in [0.4, 0.5) is 8.78 Å². The van der Waals surface area contributed by atoms with E-state index in [1.807, 2.05) is 42.5 Å². The normalized spacial score (nSPS) is 13.7. The van der Waals surface area contributed by atoms with Crippen molar-refractivity contribution in [1.29, 1.82) is 0 Å². The van der Waals surface area contributed by atoms with Gasteiger partial charge in [-0.1, -0.05) is 142 Å². The number of benzene rings is 5. The van der Waals surface area contributed by atoms with Crippen LogP contribution in [0.5, 0.6) is 0 Å². The van der Waals surface area contributed by atoms with Gasteiger partial charge in [-0.15, -0.1) is 0 Å². The number of pyridine rings is 1. The van der Waals surface area contributed by atoms with E-state index in [0.717, 1.165) is 32.9 Å². The van der Waals surface area contributed by atoms with Crippen molar-refractivity contribution in [2.24, 2.45) is 0 Å². The molecular weight excluding hydrogens is 660 g/mol. The van der Waals surface area contributed by atoms with E-state index < -0.39 is 17.0 Å². The molecule has 0 aliphatic heterocycles. The van der Waals surface area contributed by atoms with Crippen molar-refractivity contribution < 1.29 is 8.78 Å². The summed E-state index contributed by atoms with van der Waals surface area (Å²) in [4.78, 5) is 5.33. The Labute approximate surface area is 290 Å². The number of nitrogens with zero attached hydrogens (tertiary/aromatic N) is 1. The minimum atomic E-state index is -0.784. The van der Waals surface area contributed by atoms with E-state index >= 15 is 8.78 Å². The smallest absolute Gasteiger partial charge is 0.135 e. The summed E-state index contributed by atoms with van der Waals surface area (Å²) in [6.07, 6.45) is 0. The monoisotopic (exact) mass is 697 g/mol. The molecule has 0 bridgehead atoms. The molecule has 1 aliphatic carbocycles. The highest BCUT2D eigenvalue weighted by molar-refractivity contribution is 9.10. The van der Waals surface area contributed by atoms with Crippen LogP contribution in [0.2, 0.25) is 0 Å². The van der Waals surface area contributed by atoms with Crippen LogP contribution in [0.1, 0.15) is 75.1 Å². The maximum absolute atomic E-state index is 15.8. The van der Waals surface area contributed by atoms with Gasteiger partial charge in [0.2, 0.25) is 0 Å². The van der Waals surface area contributed by atoms with Crippen LogP contribution >= 0.6 is 15.9 Å². The zero-order chi connectivity index (χ0) is 34.0. The van der Waals surface area contributed by atoms with E-state index in [9.17, 15) is 0 Å². The molecule has 7 rings (SSSR count). The lowest BCUT2D eigenvalue weighted by Crippen LogP contribution is -2.31. The second-order valence-electron chi connectivity index (χ2n) is 14.9. The van der Waals surface area contributed by atoms with Gasteiger partial charge in [0.05, 0.1) is 16.8 Å². The van der Waals surface area contributed by atoms with Crippen molar-refractivity contribution in [3.05, 3.63) is 171 Å². The second kappa shape index (κ2) is 11.6. The molecule has 1 aliphatic rings. The molecule has 0 saturated heterocycles. The molecule has 0 amide bonds. The predicted molar refractivity (Wildman–Crippen MR) is 197 cm³/mol. The molecule has 1 heterocycles. The highest BCUT2D eigenvalue weighted by Crippen LogP contribution is 2.57. The van der Waals surface area contributed by atoms with Gasteiger partial charge < -0.3 is 0 Å². The van der Waals surface area contributed by atoms with Crippen molar-refractivity contribution >= 4 is 15.9 Å². The van der Waals surface area contributed by atoms with Crippen LogP contribution in [-0.2, 0) is 16.2 Å². The average Bonchev–Trinajstić information content (AvgIpc) is 3.34. The number of fused-ring (bicyclic) bond motifs is 3. The van der Waals surface area contributed by atoms with Crippen molar-refractivity contribution in [3.63, 3.8) is 0 Å². The highest BCUT2D eigenvalue weighted by Gasteiger charge is 2.48. The molecule has 5 aromatic carbocycles. The number of hydrogen-bond donors (Lipinski definition) is 0. The van der Waals surface area contributed by atoms with Crippen LogP contribution in [0.25, 0.3) is 33.5 Å². The third-order valence-electron chi connectivity index (χ3n) is 9.68. The number of hydrogen-bond acceptors (Lipinski definition) is 1. The molecule has 0 radical (unpaired) electrons.